The molecule has 2 aromatic heterocycles. The van der Waals surface area contributed by atoms with Gasteiger partial charge in [0.2, 0.25) is 12.9 Å². The molecule has 4 aliphatic rings. The molecule has 2 aromatic carbocycles. The molecule has 4 saturated heterocycles. The average molecular weight is 1330 g/mol. The van der Waals surface area contributed by atoms with Crippen LogP contribution in [0.2, 0.25) is 0 Å². The monoisotopic (exact) mass is 1330 g/mol. The van der Waals surface area contributed by atoms with Gasteiger partial charge in [0.25, 0.3) is 23.6 Å². The molecular weight excluding hydrogens is 1230 g/mol. The molecule has 2 amide bonds. The number of carbonyl (C=O) groups excluding carboxylic acids is 2. The van der Waals surface area contributed by atoms with E-state index in [4.69, 9.17) is 19.7 Å². The number of carbonyl (C=O) groups is 4. The Balaban J connectivity index is 0.000000267. The van der Waals surface area contributed by atoms with Gasteiger partial charge in [-0.1, -0.05) is 27.7 Å². The zero-order valence-corrected chi connectivity index (χ0v) is 55.9. The van der Waals surface area contributed by atoms with Crippen molar-refractivity contribution in [2.75, 3.05) is 101 Å². The summed E-state index contributed by atoms with van der Waals surface area (Å²) >= 11 is 0. The quantitative estimate of drug-likeness (QED) is 0.0202. The molecule has 0 saturated carbocycles. The topological polar surface area (TPSA) is 248 Å². The largest absolute Gasteiger partial charge is 0.478 e. The number of rotatable bonds is 32. The van der Waals surface area contributed by atoms with Crippen molar-refractivity contribution in [3.63, 3.8) is 0 Å². The summed E-state index contributed by atoms with van der Waals surface area (Å²) in [5.41, 5.74) is 0.536. The Morgan fingerprint density at radius 3 is 1.27 bits per heavy atom. The van der Waals surface area contributed by atoms with Crippen LogP contribution in [0.15, 0.2) is 61.2 Å². The lowest BCUT2D eigenvalue weighted by Crippen LogP contribution is -2.62. The molecule has 8 rings (SSSR count). The summed E-state index contributed by atoms with van der Waals surface area (Å²) in [5, 5.41) is 38.2. The fourth-order valence-electron chi connectivity index (χ4n) is 13.0. The van der Waals surface area contributed by atoms with Gasteiger partial charge in [0, 0.05) is 139 Å². The van der Waals surface area contributed by atoms with Crippen LogP contribution in [0.1, 0.15) is 141 Å². The maximum absolute atomic E-state index is 14.2. The number of likely N-dealkylation sites (tertiary alicyclic amines) is 2. The molecule has 4 aromatic rings. The molecule has 4 N–H and O–H groups in total. The van der Waals surface area contributed by atoms with E-state index < -0.39 is 36.4 Å². The molecule has 4 aliphatic heterocycles. The Hall–Kier alpha value is -7.30. The molecule has 0 bridgehead atoms. The van der Waals surface area contributed by atoms with Crippen LogP contribution in [0.4, 0.5) is 38.0 Å². The van der Waals surface area contributed by atoms with Gasteiger partial charge in [0.15, 0.2) is 11.6 Å². The Kier molecular flexibility index (Phi) is 29.0. The Bertz CT molecular complexity index is 2900. The first-order valence-corrected chi connectivity index (χ1v) is 32.7. The van der Waals surface area contributed by atoms with Crippen molar-refractivity contribution in [1.82, 2.24) is 60.6 Å². The number of aromatic nitrogens is 6. The zero-order chi connectivity index (χ0) is 68.9. The van der Waals surface area contributed by atoms with Crippen molar-refractivity contribution in [2.24, 2.45) is 22.7 Å². The number of carboxylic acid groups (broad SMARTS) is 2. The molecule has 2 atom stereocenters. The maximum Gasteiger partial charge on any atom is 0.328 e. The maximum atomic E-state index is 14.2. The highest BCUT2D eigenvalue weighted by Crippen LogP contribution is 2.46. The minimum Gasteiger partial charge on any atom is -0.478 e. The fraction of sp³-hybridized carbons (Fsp3) is 0.636. The van der Waals surface area contributed by atoms with Gasteiger partial charge in [-0.05, 0) is 141 Å². The summed E-state index contributed by atoms with van der Waals surface area (Å²) in [6.07, 6.45) is 5.14. The SMILES string of the molecule is CCN(C(=O)c1cc(F)ccc1Oc1nncnc1N1CCC2(C1)CN([C@H](CCCNCCC(F)F)C(C)C)C2)C(C)C.CCN(C(=O)c1cc(F)ccc1Oc1nncnc1N1CCC2(C1)CN([C@H](CCCNCCC(F)F)C(C)C)C2)C(C)C.O=C(O)/C=C/C(=O)O. The molecule has 4 fully saturated rings. The number of amides is 2. The van der Waals surface area contributed by atoms with Gasteiger partial charge in [0.1, 0.15) is 35.8 Å². The van der Waals surface area contributed by atoms with Crippen LogP contribution < -0.4 is 29.9 Å². The highest BCUT2D eigenvalue weighted by Gasteiger charge is 2.52. The highest BCUT2D eigenvalue weighted by molar-refractivity contribution is 5.98. The minimum absolute atomic E-state index is 0.0601. The average Bonchev–Trinajstić information content (AvgIpc) is 1.57. The summed E-state index contributed by atoms with van der Waals surface area (Å²) in [5.74, 6) is -1.30. The molecule has 22 nitrogen and oxygen atoms in total. The third-order valence-corrected chi connectivity index (χ3v) is 17.6. The Labute approximate surface area is 548 Å². The van der Waals surface area contributed by atoms with E-state index in [0.717, 1.165) is 104 Å². The zero-order valence-electron chi connectivity index (χ0n) is 55.9. The van der Waals surface area contributed by atoms with Crippen molar-refractivity contribution in [3.05, 3.63) is 84.0 Å². The second kappa shape index (κ2) is 36.0. The van der Waals surface area contributed by atoms with E-state index in [1.54, 1.807) is 9.80 Å². The lowest BCUT2D eigenvalue weighted by molar-refractivity contribution is -0.134. The van der Waals surface area contributed by atoms with Gasteiger partial charge in [-0.25, -0.2) is 45.9 Å². The molecule has 0 aliphatic carbocycles. The van der Waals surface area contributed by atoms with Crippen molar-refractivity contribution < 1.29 is 65.2 Å². The second-order valence-corrected chi connectivity index (χ2v) is 26.0. The van der Waals surface area contributed by atoms with E-state index in [-0.39, 0.29) is 82.0 Å². The number of ether oxygens (including phenoxy) is 2. The molecular formula is C66H96F6N14O8. The van der Waals surface area contributed by atoms with Gasteiger partial charge < -0.3 is 49.9 Å². The van der Waals surface area contributed by atoms with Gasteiger partial charge in [-0.15, -0.1) is 20.4 Å². The van der Waals surface area contributed by atoms with E-state index in [2.05, 4.69) is 88.3 Å². The predicted octanol–water partition coefficient (Wildman–Crippen LogP) is 10.2. The first kappa shape index (κ1) is 75.7. The van der Waals surface area contributed by atoms with Crippen LogP contribution in [0.3, 0.4) is 0 Å². The molecule has 0 radical (unpaired) electrons. The molecule has 0 unspecified atom stereocenters. The van der Waals surface area contributed by atoms with Gasteiger partial charge in [0.05, 0.1) is 11.1 Å². The van der Waals surface area contributed by atoms with E-state index in [1.807, 2.05) is 41.5 Å². The molecule has 28 heteroatoms. The molecule has 520 valence electrons. The molecule has 94 heavy (non-hydrogen) atoms. The summed E-state index contributed by atoms with van der Waals surface area (Å²) < 4.78 is 90.3. The van der Waals surface area contributed by atoms with Crippen LogP contribution in [0, 0.1) is 34.3 Å². The first-order valence-electron chi connectivity index (χ1n) is 32.7. The van der Waals surface area contributed by atoms with Crippen molar-refractivity contribution in [1.29, 1.82) is 0 Å². The first-order chi connectivity index (χ1) is 44.7. The van der Waals surface area contributed by atoms with Crippen LogP contribution in [-0.2, 0) is 9.59 Å². The van der Waals surface area contributed by atoms with Crippen molar-refractivity contribution in [3.8, 4) is 23.3 Å². The standard InChI is InChI=1S/2C31H46F3N7O2.C4H4O4/c2*1-6-41(22(4)5)30(42)24-16-23(32)9-10-26(24)43-29-28(36-20-37-38-29)39-15-12-31(17-39)18-40(19-31)25(21(2)3)8-7-13-35-14-11-27(33)34;5-3(6)1-2-4(7)8/h2*9-10,16,20-22,25,27,35H,6-8,11-15,17-19H2,1-5H3;1-2H,(H,5,6)(H,7,8)/b;;2-1+/t2*25-;/m11./s1. The van der Waals surface area contributed by atoms with Crippen LogP contribution in [-0.4, -0.2) is 213 Å². The number of hydrogen-bond donors (Lipinski definition) is 4. The van der Waals surface area contributed by atoms with E-state index >= 15 is 0 Å². The number of alkyl halides is 4. The van der Waals surface area contributed by atoms with Crippen molar-refractivity contribution in [2.45, 2.75) is 158 Å². The molecule has 6 heterocycles. The highest BCUT2D eigenvalue weighted by atomic mass is 19.3. The minimum atomic E-state index is -2.26. The summed E-state index contributed by atoms with van der Waals surface area (Å²) in [7, 11) is 0. The number of nitrogens with zero attached hydrogens (tertiary/aromatic N) is 12. The number of carboxylic acids is 2. The number of aliphatic carboxylic acids is 2. The number of halogens is 6. The lowest BCUT2D eigenvalue weighted by atomic mass is 9.76. The van der Waals surface area contributed by atoms with Crippen LogP contribution >= 0.6 is 0 Å². The number of hydrogen-bond acceptors (Lipinski definition) is 18. The Morgan fingerprint density at radius 2 is 0.947 bits per heavy atom. The van der Waals surface area contributed by atoms with Gasteiger partial charge in [-0.3, -0.25) is 19.4 Å². The predicted molar refractivity (Wildman–Crippen MR) is 345 cm³/mol. The lowest BCUT2D eigenvalue weighted by Gasteiger charge is -2.53. The number of nitrogens with one attached hydrogen (secondary N) is 2. The summed E-state index contributed by atoms with van der Waals surface area (Å²) in [4.78, 5) is 67.4. The third kappa shape index (κ3) is 21.6. The number of anilines is 2. The third-order valence-electron chi connectivity index (χ3n) is 17.6. The normalized spacial score (nSPS) is 16.6. The summed E-state index contributed by atoms with van der Waals surface area (Å²) in [6, 6.07) is 8.59. The van der Waals surface area contributed by atoms with Gasteiger partial charge in [-0.2, -0.15) is 0 Å². The van der Waals surface area contributed by atoms with E-state index in [0.29, 0.717) is 73.9 Å². The fourth-order valence-corrected chi connectivity index (χ4v) is 13.0. The second-order valence-electron chi connectivity index (χ2n) is 26.0. The van der Waals surface area contributed by atoms with Crippen LogP contribution in [0.25, 0.3) is 0 Å². The molecule has 2 spiro atoms. The van der Waals surface area contributed by atoms with Crippen LogP contribution in [0.5, 0.6) is 23.3 Å². The smallest absolute Gasteiger partial charge is 0.328 e. The summed E-state index contributed by atoms with van der Waals surface area (Å²) in [6.45, 7) is 30.7. The van der Waals surface area contributed by atoms with E-state index in [1.165, 1.54) is 49.1 Å². The van der Waals surface area contributed by atoms with E-state index in [9.17, 15) is 45.5 Å². The Morgan fingerprint density at radius 1 is 0.574 bits per heavy atom. The van der Waals surface area contributed by atoms with Crippen molar-refractivity contribution >= 4 is 35.4 Å². The van der Waals surface area contributed by atoms with Gasteiger partial charge >= 0.3 is 11.9 Å². The number of benzene rings is 2.